The summed E-state index contributed by atoms with van der Waals surface area (Å²) in [5.41, 5.74) is 0. The Hall–Kier alpha value is -2.11. The van der Waals surface area contributed by atoms with Gasteiger partial charge in [-0.3, -0.25) is 9.48 Å². The van der Waals surface area contributed by atoms with Crippen LogP contribution in [0.25, 0.3) is 0 Å². The summed E-state index contributed by atoms with van der Waals surface area (Å²) in [6.07, 6.45) is 14.6. The SMILES string of the molecule is CC[C@@H](C(=O)N1CCC(c2nccn2CC2CCC2)CC1)n1cccn1. The van der Waals surface area contributed by atoms with Gasteiger partial charge < -0.3 is 9.47 Å². The third kappa shape index (κ3) is 3.41. The first kappa shape index (κ1) is 17.3. The largest absolute Gasteiger partial charge is 0.341 e. The van der Waals surface area contributed by atoms with Gasteiger partial charge in [0.15, 0.2) is 0 Å². The van der Waals surface area contributed by atoms with Crippen molar-refractivity contribution in [2.75, 3.05) is 13.1 Å². The number of aromatic nitrogens is 4. The van der Waals surface area contributed by atoms with Crippen molar-refractivity contribution < 1.29 is 4.79 Å². The molecular formula is C20H29N5O. The fourth-order valence-electron chi connectivity index (χ4n) is 4.30. The monoisotopic (exact) mass is 355 g/mol. The Labute approximate surface area is 155 Å². The third-order valence-electron chi connectivity index (χ3n) is 6.12. The van der Waals surface area contributed by atoms with Crippen LogP contribution in [0, 0.1) is 5.92 Å². The number of imidazole rings is 1. The molecule has 6 heteroatoms. The van der Waals surface area contributed by atoms with Crippen molar-refractivity contribution in [2.45, 2.75) is 64.0 Å². The molecule has 2 aromatic heterocycles. The second kappa shape index (κ2) is 7.64. The van der Waals surface area contributed by atoms with Crippen molar-refractivity contribution in [2.24, 2.45) is 5.92 Å². The van der Waals surface area contributed by atoms with Gasteiger partial charge in [0.1, 0.15) is 11.9 Å². The van der Waals surface area contributed by atoms with Crippen LogP contribution in [0.4, 0.5) is 0 Å². The number of nitrogens with zero attached hydrogens (tertiary/aromatic N) is 5. The highest BCUT2D eigenvalue weighted by Gasteiger charge is 2.31. The number of likely N-dealkylation sites (tertiary alicyclic amines) is 1. The molecule has 0 unspecified atom stereocenters. The molecule has 0 spiro atoms. The molecule has 1 atom stereocenters. The molecule has 2 fully saturated rings. The van der Waals surface area contributed by atoms with Crippen molar-refractivity contribution in [3.05, 3.63) is 36.7 Å². The second-order valence-corrected chi connectivity index (χ2v) is 7.74. The van der Waals surface area contributed by atoms with E-state index in [0.717, 1.165) is 44.8 Å². The average molecular weight is 355 g/mol. The predicted molar refractivity (Wildman–Crippen MR) is 99.7 cm³/mol. The van der Waals surface area contributed by atoms with Crippen LogP contribution in [0.5, 0.6) is 0 Å². The Balaban J connectivity index is 1.37. The maximum absolute atomic E-state index is 12.9. The molecule has 2 aliphatic rings. The second-order valence-electron chi connectivity index (χ2n) is 7.74. The summed E-state index contributed by atoms with van der Waals surface area (Å²) in [7, 11) is 0. The number of carbonyl (C=O) groups is 1. The predicted octanol–water partition coefficient (Wildman–Crippen LogP) is 3.24. The van der Waals surface area contributed by atoms with Gasteiger partial charge in [-0.2, -0.15) is 5.10 Å². The highest BCUT2D eigenvalue weighted by atomic mass is 16.2. The van der Waals surface area contributed by atoms with E-state index in [1.807, 2.05) is 30.3 Å². The highest BCUT2D eigenvalue weighted by Crippen LogP contribution is 2.32. The minimum atomic E-state index is -0.179. The van der Waals surface area contributed by atoms with Gasteiger partial charge >= 0.3 is 0 Å². The highest BCUT2D eigenvalue weighted by molar-refractivity contribution is 5.80. The van der Waals surface area contributed by atoms with E-state index in [1.165, 1.54) is 25.1 Å². The Morgan fingerprint density at radius 2 is 2.00 bits per heavy atom. The lowest BCUT2D eigenvalue weighted by Gasteiger charge is -2.34. The molecule has 0 radical (unpaired) electrons. The van der Waals surface area contributed by atoms with Crippen LogP contribution in [0.2, 0.25) is 0 Å². The van der Waals surface area contributed by atoms with E-state index in [2.05, 4.69) is 20.8 Å². The standard InChI is InChI=1S/C20H29N5O/c1-2-18(25-11-4-9-22-25)20(26)23-12-7-17(8-13-23)19-21-10-14-24(19)15-16-5-3-6-16/h4,9-11,14,16-18H,2-3,5-8,12-13,15H2,1H3/t18-/m0/s1. The Kier molecular flexibility index (Phi) is 5.09. The molecular weight excluding hydrogens is 326 g/mol. The first-order valence-corrected chi connectivity index (χ1v) is 10.0. The molecule has 26 heavy (non-hydrogen) atoms. The fraction of sp³-hybridized carbons (Fsp3) is 0.650. The summed E-state index contributed by atoms with van der Waals surface area (Å²) >= 11 is 0. The van der Waals surface area contributed by atoms with Gasteiger partial charge in [-0.1, -0.05) is 13.3 Å². The van der Waals surface area contributed by atoms with E-state index in [-0.39, 0.29) is 11.9 Å². The van der Waals surface area contributed by atoms with E-state index in [1.54, 1.807) is 10.9 Å². The maximum Gasteiger partial charge on any atom is 0.247 e. The first-order chi connectivity index (χ1) is 12.8. The van der Waals surface area contributed by atoms with E-state index < -0.39 is 0 Å². The minimum absolute atomic E-state index is 0.179. The molecule has 1 saturated carbocycles. The molecule has 0 N–H and O–H groups in total. The van der Waals surface area contributed by atoms with Gasteiger partial charge in [0.05, 0.1) is 0 Å². The summed E-state index contributed by atoms with van der Waals surface area (Å²) < 4.78 is 4.16. The fourth-order valence-corrected chi connectivity index (χ4v) is 4.30. The first-order valence-electron chi connectivity index (χ1n) is 10.0. The van der Waals surface area contributed by atoms with Crippen molar-refractivity contribution in [3.8, 4) is 0 Å². The van der Waals surface area contributed by atoms with E-state index in [0.29, 0.717) is 5.92 Å². The van der Waals surface area contributed by atoms with Gasteiger partial charge in [0, 0.05) is 50.3 Å². The average Bonchev–Trinajstić information content (AvgIpc) is 3.31. The molecule has 3 heterocycles. The molecule has 1 amide bonds. The van der Waals surface area contributed by atoms with Crippen molar-refractivity contribution in [3.63, 3.8) is 0 Å². The Morgan fingerprint density at radius 3 is 2.62 bits per heavy atom. The van der Waals surface area contributed by atoms with Gasteiger partial charge in [-0.25, -0.2) is 4.98 Å². The molecule has 2 aromatic rings. The van der Waals surface area contributed by atoms with E-state index >= 15 is 0 Å². The zero-order valence-corrected chi connectivity index (χ0v) is 15.6. The molecule has 1 aliphatic carbocycles. The lowest BCUT2D eigenvalue weighted by molar-refractivity contribution is -0.136. The summed E-state index contributed by atoms with van der Waals surface area (Å²) in [6, 6.07) is 1.70. The normalized spacial score (nSPS) is 20.1. The zero-order valence-electron chi connectivity index (χ0n) is 15.6. The summed E-state index contributed by atoms with van der Waals surface area (Å²) in [5.74, 6) is 2.73. The van der Waals surface area contributed by atoms with Crippen LogP contribution < -0.4 is 0 Å². The number of hydrogen-bond donors (Lipinski definition) is 0. The van der Waals surface area contributed by atoms with Crippen LogP contribution >= 0.6 is 0 Å². The lowest BCUT2D eigenvalue weighted by Crippen LogP contribution is -2.42. The smallest absolute Gasteiger partial charge is 0.247 e. The number of piperidine rings is 1. The van der Waals surface area contributed by atoms with Crippen molar-refractivity contribution in [1.29, 1.82) is 0 Å². The van der Waals surface area contributed by atoms with Crippen LogP contribution in [-0.4, -0.2) is 43.2 Å². The molecule has 0 bridgehead atoms. The third-order valence-corrected chi connectivity index (χ3v) is 6.12. The van der Waals surface area contributed by atoms with E-state index in [4.69, 9.17) is 0 Å². The minimum Gasteiger partial charge on any atom is -0.341 e. The Bertz CT molecular complexity index is 710. The zero-order chi connectivity index (χ0) is 17.9. The molecule has 6 nitrogen and oxygen atoms in total. The van der Waals surface area contributed by atoms with Crippen molar-refractivity contribution in [1.82, 2.24) is 24.2 Å². The quantitative estimate of drug-likeness (QED) is 0.799. The number of carbonyl (C=O) groups excluding carboxylic acids is 1. The molecule has 1 saturated heterocycles. The van der Waals surface area contributed by atoms with Crippen LogP contribution in [-0.2, 0) is 11.3 Å². The van der Waals surface area contributed by atoms with Gasteiger partial charge in [0.25, 0.3) is 0 Å². The topological polar surface area (TPSA) is 56.0 Å². The van der Waals surface area contributed by atoms with Crippen LogP contribution in [0.3, 0.4) is 0 Å². The van der Waals surface area contributed by atoms with E-state index in [9.17, 15) is 4.79 Å². The molecule has 140 valence electrons. The molecule has 1 aliphatic heterocycles. The summed E-state index contributed by atoms with van der Waals surface area (Å²) in [5, 5.41) is 4.27. The summed E-state index contributed by atoms with van der Waals surface area (Å²) in [4.78, 5) is 19.6. The maximum atomic E-state index is 12.9. The van der Waals surface area contributed by atoms with Gasteiger partial charge in [-0.15, -0.1) is 0 Å². The number of amides is 1. The molecule has 4 rings (SSSR count). The van der Waals surface area contributed by atoms with Gasteiger partial charge in [-0.05, 0) is 44.1 Å². The van der Waals surface area contributed by atoms with Crippen LogP contribution in [0.1, 0.15) is 63.2 Å². The number of rotatable bonds is 6. The van der Waals surface area contributed by atoms with Gasteiger partial charge in [0.2, 0.25) is 5.91 Å². The Morgan fingerprint density at radius 1 is 1.19 bits per heavy atom. The molecule has 0 aromatic carbocycles. The van der Waals surface area contributed by atoms with Crippen molar-refractivity contribution >= 4 is 5.91 Å². The summed E-state index contributed by atoms with van der Waals surface area (Å²) in [6.45, 7) is 4.80. The number of hydrogen-bond acceptors (Lipinski definition) is 3. The van der Waals surface area contributed by atoms with Crippen LogP contribution in [0.15, 0.2) is 30.9 Å². The lowest BCUT2D eigenvalue weighted by atomic mass is 9.85.